The first-order chi connectivity index (χ1) is 12.1. The molecule has 6 nitrogen and oxygen atoms in total. The van der Waals surface area contributed by atoms with Gasteiger partial charge in [0.1, 0.15) is 11.5 Å². The highest BCUT2D eigenvalue weighted by Crippen LogP contribution is 2.30. The maximum absolute atomic E-state index is 12.8. The molecule has 0 bridgehead atoms. The van der Waals surface area contributed by atoms with Crippen LogP contribution in [-0.4, -0.2) is 46.4 Å². The summed E-state index contributed by atoms with van der Waals surface area (Å²) in [5, 5.41) is 4.19. The average Bonchev–Trinajstić information content (AvgIpc) is 3.34. The lowest BCUT2D eigenvalue weighted by Gasteiger charge is -2.25. The van der Waals surface area contributed by atoms with E-state index in [-0.39, 0.29) is 17.7 Å². The number of likely N-dealkylation sites (tertiary alicyclic amines) is 1. The van der Waals surface area contributed by atoms with Gasteiger partial charge in [0.05, 0.1) is 12.5 Å². The SMILES string of the molecule is CN(Cc1noc2c1CCCC2)C(=O)C1CC(=O)N(C2CCCC2)C1. The maximum Gasteiger partial charge on any atom is 0.228 e. The van der Waals surface area contributed by atoms with Crippen LogP contribution in [0.2, 0.25) is 0 Å². The second-order valence-corrected chi connectivity index (χ2v) is 7.82. The van der Waals surface area contributed by atoms with Crippen LogP contribution >= 0.6 is 0 Å². The van der Waals surface area contributed by atoms with Gasteiger partial charge in [0.25, 0.3) is 0 Å². The summed E-state index contributed by atoms with van der Waals surface area (Å²) in [6.07, 6.45) is 9.19. The topological polar surface area (TPSA) is 66.7 Å². The third-order valence-corrected chi connectivity index (χ3v) is 6.07. The van der Waals surface area contributed by atoms with Crippen LogP contribution in [0.4, 0.5) is 0 Å². The highest BCUT2D eigenvalue weighted by molar-refractivity contribution is 5.89. The summed E-state index contributed by atoms with van der Waals surface area (Å²) in [4.78, 5) is 28.9. The molecule has 1 aromatic heterocycles. The second kappa shape index (κ2) is 6.81. The number of fused-ring (bicyclic) bond motifs is 1. The van der Waals surface area contributed by atoms with Gasteiger partial charge in [0, 0.05) is 38.0 Å². The Morgan fingerprint density at radius 1 is 1.24 bits per heavy atom. The van der Waals surface area contributed by atoms with Crippen LogP contribution in [-0.2, 0) is 29.0 Å². The second-order valence-electron chi connectivity index (χ2n) is 7.82. The number of carbonyl (C=O) groups is 2. The Kier molecular flexibility index (Phi) is 4.52. The maximum atomic E-state index is 12.8. The quantitative estimate of drug-likeness (QED) is 0.840. The average molecular weight is 345 g/mol. The minimum Gasteiger partial charge on any atom is -0.361 e. The van der Waals surface area contributed by atoms with Crippen LogP contribution in [0, 0.1) is 5.92 Å². The molecule has 1 saturated heterocycles. The monoisotopic (exact) mass is 345 g/mol. The van der Waals surface area contributed by atoms with Crippen molar-refractivity contribution >= 4 is 11.8 Å². The first kappa shape index (κ1) is 16.6. The van der Waals surface area contributed by atoms with Crippen molar-refractivity contribution in [1.82, 2.24) is 15.0 Å². The Hall–Kier alpha value is -1.85. The molecule has 3 aliphatic rings. The third-order valence-electron chi connectivity index (χ3n) is 6.07. The molecule has 2 fully saturated rings. The molecule has 1 aliphatic heterocycles. The third kappa shape index (κ3) is 3.18. The number of aryl methyl sites for hydroxylation is 1. The number of hydrogen-bond donors (Lipinski definition) is 0. The van der Waals surface area contributed by atoms with Crippen molar-refractivity contribution in [3.8, 4) is 0 Å². The fourth-order valence-corrected chi connectivity index (χ4v) is 4.65. The van der Waals surface area contributed by atoms with Crippen molar-refractivity contribution < 1.29 is 14.1 Å². The first-order valence-electron chi connectivity index (χ1n) is 9.64. The Balaban J connectivity index is 1.39. The molecule has 1 atom stereocenters. The smallest absolute Gasteiger partial charge is 0.228 e. The molecule has 1 unspecified atom stereocenters. The van der Waals surface area contributed by atoms with Gasteiger partial charge in [-0.05, 0) is 32.1 Å². The molecule has 2 aliphatic carbocycles. The number of amides is 2. The Labute approximate surface area is 148 Å². The van der Waals surface area contributed by atoms with Crippen molar-refractivity contribution in [1.29, 1.82) is 0 Å². The molecule has 0 N–H and O–H groups in total. The molecular weight excluding hydrogens is 318 g/mol. The molecule has 25 heavy (non-hydrogen) atoms. The summed E-state index contributed by atoms with van der Waals surface area (Å²) in [5.74, 6) is 0.991. The summed E-state index contributed by atoms with van der Waals surface area (Å²) in [6, 6.07) is 0.359. The summed E-state index contributed by atoms with van der Waals surface area (Å²) >= 11 is 0. The van der Waals surface area contributed by atoms with Gasteiger partial charge in [0.15, 0.2) is 0 Å². The van der Waals surface area contributed by atoms with E-state index in [9.17, 15) is 9.59 Å². The van der Waals surface area contributed by atoms with Crippen molar-refractivity contribution in [3.05, 3.63) is 17.0 Å². The van der Waals surface area contributed by atoms with Gasteiger partial charge in [-0.1, -0.05) is 18.0 Å². The van der Waals surface area contributed by atoms with E-state index in [1.165, 1.54) is 18.4 Å². The van der Waals surface area contributed by atoms with Crippen LogP contribution in [0.5, 0.6) is 0 Å². The number of aromatic nitrogens is 1. The zero-order chi connectivity index (χ0) is 17.4. The van der Waals surface area contributed by atoms with Crippen molar-refractivity contribution in [2.75, 3.05) is 13.6 Å². The number of nitrogens with zero attached hydrogens (tertiary/aromatic N) is 3. The molecule has 0 spiro atoms. The molecule has 6 heteroatoms. The van der Waals surface area contributed by atoms with Crippen LogP contribution in [0.25, 0.3) is 0 Å². The molecule has 4 rings (SSSR count). The van der Waals surface area contributed by atoms with Crippen molar-refractivity contribution in [3.63, 3.8) is 0 Å². The first-order valence-corrected chi connectivity index (χ1v) is 9.64. The van der Waals surface area contributed by atoms with Gasteiger partial charge >= 0.3 is 0 Å². The predicted octanol–water partition coefficient (Wildman–Crippen LogP) is 2.30. The van der Waals surface area contributed by atoms with Gasteiger partial charge in [0.2, 0.25) is 11.8 Å². The molecule has 0 aromatic carbocycles. The number of rotatable bonds is 4. The zero-order valence-corrected chi connectivity index (χ0v) is 15.0. The molecule has 0 radical (unpaired) electrons. The molecular formula is C19H27N3O3. The van der Waals surface area contributed by atoms with Gasteiger partial charge in [-0.3, -0.25) is 9.59 Å². The van der Waals surface area contributed by atoms with Crippen LogP contribution < -0.4 is 0 Å². The van der Waals surface area contributed by atoms with Crippen molar-refractivity contribution in [2.45, 2.75) is 70.4 Å². The normalized spacial score (nSPS) is 24.0. The van der Waals surface area contributed by atoms with Crippen molar-refractivity contribution in [2.24, 2.45) is 5.92 Å². The zero-order valence-electron chi connectivity index (χ0n) is 15.0. The molecule has 2 heterocycles. The van der Waals surface area contributed by atoms with Gasteiger partial charge in [-0.25, -0.2) is 0 Å². The van der Waals surface area contributed by atoms with E-state index in [0.29, 0.717) is 25.6 Å². The van der Waals surface area contributed by atoms with Gasteiger partial charge in [-0.2, -0.15) is 0 Å². The van der Waals surface area contributed by atoms with E-state index < -0.39 is 0 Å². The minimum atomic E-state index is -0.208. The van der Waals surface area contributed by atoms with Gasteiger partial charge < -0.3 is 14.3 Å². The lowest BCUT2D eigenvalue weighted by Crippen LogP contribution is -2.37. The fraction of sp³-hybridized carbons (Fsp3) is 0.737. The highest BCUT2D eigenvalue weighted by Gasteiger charge is 2.39. The number of hydrogen-bond acceptors (Lipinski definition) is 4. The number of carbonyl (C=O) groups excluding carboxylic acids is 2. The van der Waals surface area contributed by atoms with Crippen LogP contribution in [0.1, 0.15) is 62.0 Å². The van der Waals surface area contributed by atoms with E-state index in [2.05, 4.69) is 5.16 Å². The van der Waals surface area contributed by atoms with Crippen LogP contribution in [0.15, 0.2) is 4.52 Å². The lowest BCUT2D eigenvalue weighted by molar-refractivity contribution is -0.135. The minimum absolute atomic E-state index is 0.0569. The lowest BCUT2D eigenvalue weighted by atomic mass is 9.96. The molecule has 1 aromatic rings. The summed E-state index contributed by atoms with van der Waals surface area (Å²) in [7, 11) is 1.81. The summed E-state index contributed by atoms with van der Waals surface area (Å²) in [5.41, 5.74) is 2.09. The largest absolute Gasteiger partial charge is 0.361 e. The van der Waals surface area contributed by atoms with E-state index in [1.54, 1.807) is 4.90 Å². The fourth-order valence-electron chi connectivity index (χ4n) is 4.65. The predicted molar refractivity (Wildman–Crippen MR) is 91.7 cm³/mol. The van der Waals surface area contributed by atoms with E-state index in [4.69, 9.17) is 4.52 Å². The van der Waals surface area contributed by atoms with Gasteiger partial charge in [-0.15, -0.1) is 0 Å². The Morgan fingerprint density at radius 3 is 2.80 bits per heavy atom. The van der Waals surface area contributed by atoms with Crippen LogP contribution in [0.3, 0.4) is 0 Å². The summed E-state index contributed by atoms with van der Waals surface area (Å²) < 4.78 is 5.44. The Morgan fingerprint density at radius 2 is 2.00 bits per heavy atom. The van der Waals surface area contributed by atoms with E-state index in [0.717, 1.165) is 50.0 Å². The molecule has 2 amide bonds. The molecule has 136 valence electrons. The Bertz CT molecular complexity index is 663. The molecule has 1 saturated carbocycles. The standard InChI is InChI=1S/C19H27N3O3/c1-21(12-16-15-8-4-5-9-17(15)25-20-16)19(24)13-10-18(23)22(11-13)14-6-2-3-7-14/h13-14H,2-12H2,1H3. The summed E-state index contributed by atoms with van der Waals surface area (Å²) in [6.45, 7) is 1.06. The van der Waals surface area contributed by atoms with E-state index >= 15 is 0 Å². The highest BCUT2D eigenvalue weighted by atomic mass is 16.5. The van der Waals surface area contributed by atoms with E-state index in [1.807, 2.05) is 11.9 Å².